The quantitative estimate of drug-likeness (QED) is 0.525. The zero-order valence-electron chi connectivity index (χ0n) is 16.1. The summed E-state index contributed by atoms with van der Waals surface area (Å²) in [6, 6.07) is 6.20. The minimum absolute atomic E-state index is 0.183. The number of benzene rings is 1. The third kappa shape index (κ3) is 6.45. The average molecular weight is 360 g/mol. The Hall–Kier alpha value is -1.88. The highest BCUT2D eigenvalue weighted by Gasteiger charge is 2.18. The molecule has 1 aliphatic carbocycles. The van der Waals surface area contributed by atoms with Crippen LogP contribution in [-0.2, 0) is 27.2 Å². The van der Waals surface area contributed by atoms with Gasteiger partial charge >= 0.3 is 11.8 Å². The SMILES string of the molecule is CCCCOCCCNC(=O)C(=O)NC(C)c1ccc2c(c1)CCCC2. The molecule has 1 atom stereocenters. The number of nitrogens with one attached hydrogen (secondary N) is 2. The van der Waals surface area contributed by atoms with Gasteiger partial charge in [-0.15, -0.1) is 0 Å². The fraction of sp³-hybridized carbons (Fsp3) is 0.619. The number of carbonyl (C=O) groups excluding carboxylic acids is 2. The van der Waals surface area contributed by atoms with Crippen LogP contribution >= 0.6 is 0 Å². The highest BCUT2D eigenvalue weighted by molar-refractivity contribution is 6.35. The maximum absolute atomic E-state index is 12.1. The molecule has 1 aliphatic rings. The normalized spacial score (nSPS) is 14.4. The highest BCUT2D eigenvalue weighted by Crippen LogP contribution is 2.24. The Morgan fingerprint density at radius 2 is 1.81 bits per heavy atom. The van der Waals surface area contributed by atoms with E-state index in [-0.39, 0.29) is 6.04 Å². The number of hydrogen-bond acceptors (Lipinski definition) is 3. The van der Waals surface area contributed by atoms with Crippen LogP contribution in [0.4, 0.5) is 0 Å². The maximum atomic E-state index is 12.1. The molecular formula is C21H32N2O3. The van der Waals surface area contributed by atoms with E-state index >= 15 is 0 Å². The first-order chi connectivity index (χ1) is 12.6. The molecule has 5 nitrogen and oxygen atoms in total. The minimum Gasteiger partial charge on any atom is -0.381 e. The van der Waals surface area contributed by atoms with Crippen LogP contribution < -0.4 is 10.6 Å². The van der Waals surface area contributed by atoms with Crippen molar-refractivity contribution < 1.29 is 14.3 Å². The molecule has 5 heteroatoms. The lowest BCUT2D eigenvalue weighted by molar-refractivity contribution is -0.139. The minimum atomic E-state index is -0.581. The van der Waals surface area contributed by atoms with Gasteiger partial charge < -0.3 is 15.4 Å². The standard InChI is InChI=1S/C21H32N2O3/c1-3-4-13-26-14-7-12-22-20(24)21(25)23-16(2)18-11-10-17-8-5-6-9-19(17)15-18/h10-11,15-16H,3-9,12-14H2,1-2H3,(H,22,24)(H,23,25). The van der Waals surface area contributed by atoms with Crippen molar-refractivity contribution in [3.05, 3.63) is 34.9 Å². The van der Waals surface area contributed by atoms with Gasteiger partial charge in [0.25, 0.3) is 0 Å². The van der Waals surface area contributed by atoms with E-state index in [2.05, 4.69) is 35.8 Å². The Kier molecular flexibility index (Phi) is 8.62. The predicted octanol–water partition coefficient (Wildman–Crippen LogP) is 3.07. The lowest BCUT2D eigenvalue weighted by Crippen LogP contribution is -2.41. The summed E-state index contributed by atoms with van der Waals surface area (Å²) in [6.07, 6.45) is 7.59. The van der Waals surface area contributed by atoms with Gasteiger partial charge in [-0.2, -0.15) is 0 Å². The summed E-state index contributed by atoms with van der Waals surface area (Å²) in [6.45, 7) is 5.84. The molecule has 26 heavy (non-hydrogen) atoms. The predicted molar refractivity (Wildman–Crippen MR) is 103 cm³/mol. The van der Waals surface area contributed by atoms with E-state index in [1.165, 1.54) is 24.0 Å². The molecule has 1 aromatic rings. The molecule has 1 aromatic carbocycles. The van der Waals surface area contributed by atoms with Gasteiger partial charge in [0.15, 0.2) is 0 Å². The molecule has 0 saturated heterocycles. The molecule has 0 saturated carbocycles. The number of ether oxygens (including phenoxy) is 1. The average Bonchev–Trinajstić information content (AvgIpc) is 2.66. The van der Waals surface area contributed by atoms with Crippen molar-refractivity contribution in [2.45, 2.75) is 64.8 Å². The Bertz CT molecular complexity index is 601. The van der Waals surface area contributed by atoms with Crippen LogP contribution in [0.3, 0.4) is 0 Å². The molecule has 0 aromatic heterocycles. The number of aryl methyl sites for hydroxylation is 2. The summed E-state index contributed by atoms with van der Waals surface area (Å²) >= 11 is 0. The van der Waals surface area contributed by atoms with E-state index in [1.807, 2.05) is 6.92 Å². The van der Waals surface area contributed by atoms with Crippen LogP contribution in [0.25, 0.3) is 0 Å². The molecular weight excluding hydrogens is 328 g/mol. The van der Waals surface area contributed by atoms with Crippen LogP contribution in [0.5, 0.6) is 0 Å². The van der Waals surface area contributed by atoms with Crippen molar-refractivity contribution in [3.8, 4) is 0 Å². The summed E-state index contributed by atoms with van der Waals surface area (Å²) < 4.78 is 5.43. The molecule has 0 fully saturated rings. The van der Waals surface area contributed by atoms with E-state index in [1.54, 1.807) is 0 Å². The molecule has 2 N–H and O–H groups in total. The Labute approximate surface area is 156 Å². The number of hydrogen-bond donors (Lipinski definition) is 2. The first-order valence-electron chi connectivity index (χ1n) is 9.90. The maximum Gasteiger partial charge on any atom is 0.309 e. The number of fused-ring (bicyclic) bond motifs is 1. The Balaban J connectivity index is 1.71. The van der Waals surface area contributed by atoms with Crippen LogP contribution in [0, 0.1) is 0 Å². The third-order valence-corrected chi connectivity index (χ3v) is 4.82. The summed E-state index contributed by atoms with van der Waals surface area (Å²) in [7, 11) is 0. The molecule has 2 rings (SSSR count). The van der Waals surface area contributed by atoms with Gasteiger partial charge in [-0.1, -0.05) is 31.5 Å². The van der Waals surface area contributed by atoms with E-state index in [0.717, 1.165) is 37.9 Å². The van der Waals surface area contributed by atoms with Gasteiger partial charge in [0.1, 0.15) is 0 Å². The van der Waals surface area contributed by atoms with Crippen molar-refractivity contribution in [2.75, 3.05) is 19.8 Å². The zero-order valence-corrected chi connectivity index (χ0v) is 16.1. The van der Waals surface area contributed by atoms with Crippen LogP contribution in [-0.4, -0.2) is 31.6 Å². The topological polar surface area (TPSA) is 67.4 Å². The molecule has 1 unspecified atom stereocenters. The van der Waals surface area contributed by atoms with Gasteiger partial charge in [-0.05, 0) is 62.1 Å². The molecule has 0 spiro atoms. The first kappa shape index (κ1) is 20.4. The summed E-state index contributed by atoms with van der Waals surface area (Å²) in [4.78, 5) is 24.0. The van der Waals surface area contributed by atoms with Crippen molar-refractivity contribution >= 4 is 11.8 Å². The van der Waals surface area contributed by atoms with Crippen molar-refractivity contribution in [3.63, 3.8) is 0 Å². The van der Waals surface area contributed by atoms with Gasteiger partial charge in [0, 0.05) is 19.8 Å². The number of carbonyl (C=O) groups is 2. The fourth-order valence-corrected chi connectivity index (χ4v) is 3.17. The number of amides is 2. The van der Waals surface area contributed by atoms with E-state index in [4.69, 9.17) is 4.74 Å². The Morgan fingerprint density at radius 1 is 1.08 bits per heavy atom. The van der Waals surface area contributed by atoms with Crippen LogP contribution in [0.15, 0.2) is 18.2 Å². The zero-order chi connectivity index (χ0) is 18.8. The van der Waals surface area contributed by atoms with Gasteiger partial charge in [-0.3, -0.25) is 9.59 Å². The second-order valence-electron chi connectivity index (χ2n) is 7.01. The largest absolute Gasteiger partial charge is 0.381 e. The van der Waals surface area contributed by atoms with Crippen molar-refractivity contribution in [1.29, 1.82) is 0 Å². The number of unbranched alkanes of at least 4 members (excludes halogenated alkanes) is 1. The highest BCUT2D eigenvalue weighted by atomic mass is 16.5. The van der Waals surface area contributed by atoms with Crippen molar-refractivity contribution in [2.24, 2.45) is 0 Å². The smallest absolute Gasteiger partial charge is 0.309 e. The Morgan fingerprint density at radius 3 is 2.58 bits per heavy atom. The molecule has 2 amide bonds. The summed E-state index contributed by atoms with van der Waals surface area (Å²) in [5, 5.41) is 5.44. The molecule has 0 aliphatic heterocycles. The van der Waals surface area contributed by atoms with Crippen LogP contribution in [0.1, 0.15) is 68.7 Å². The lowest BCUT2D eigenvalue weighted by Gasteiger charge is -2.20. The lowest BCUT2D eigenvalue weighted by atomic mass is 9.89. The van der Waals surface area contributed by atoms with Gasteiger partial charge in [-0.25, -0.2) is 0 Å². The summed E-state index contributed by atoms with van der Waals surface area (Å²) in [5.41, 5.74) is 3.84. The van der Waals surface area contributed by atoms with E-state index < -0.39 is 11.8 Å². The third-order valence-electron chi connectivity index (χ3n) is 4.82. The van der Waals surface area contributed by atoms with Crippen LogP contribution in [0.2, 0.25) is 0 Å². The first-order valence-corrected chi connectivity index (χ1v) is 9.90. The van der Waals surface area contributed by atoms with Gasteiger partial charge in [0.2, 0.25) is 0 Å². The second kappa shape index (κ2) is 11.0. The number of rotatable bonds is 9. The van der Waals surface area contributed by atoms with Crippen molar-refractivity contribution in [1.82, 2.24) is 10.6 Å². The fourth-order valence-electron chi connectivity index (χ4n) is 3.17. The molecule has 0 radical (unpaired) electrons. The van der Waals surface area contributed by atoms with E-state index in [0.29, 0.717) is 19.6 Å². The summed E-state index contributed by atoms with van der Waals surface area (Å²) in [5.74, 6) is -1.16. The second-order valence-corrected chi connectivity index (χ2v) is 7.01. The molecule has 0 heterocycles. The monoisotopic (exact) mass is 360 g/mol. The van der Waals surface area contributed by atoms with Gasteiger partial charge in [0.05, 0.1) is 6.04 Å². The molecule has 0 bridgehead atoms. The van der Waals surface area contributed by atoms with E-state index in [9.17, 15) is 9.59 Å². The molecule has 144 valence electrons.